The SMILES string of the molecule is Cc1c[nH]c2ncnc(Oc3ccc(CC(N)C(=O)N4CCC([S+]([O-])c5ccccc5)CC4)cc3F)c12. The molecule has 8 nitrogen and oxygen atoms in total. The number of rotatable bonds is 7. The second-order valence-electron chi connectivity index (χ2n) is 9.19. The lowest BCUT2D eigenvalue weighted by molar-refractivity contribution is -0.133. The van der Waals surface area contributed by atoms with Crippen LogP contribution in [0.25, 0.3) is 11.0 Å². The number of nitrogens with zero attached hydrogens (tertiary/aromatic N) is 3. The molecule has 2 atom stereocenters. The number of benzene rings is 2. The van der Waals surface area contributed by atoms with Crippen LogP contribution in [0.4, 0.5) is 4.39 Å². The number of nitrogens with one attached hydrogen (secondary N) is 1. The molecule has 3 N–H and O–H groups in total. The number of halogens is 1. The number of amides is 1. The number of aromatic nitrogens is 3. The molecule has 1 fully saturated rings. The van der Waals surface area contributed by atoms with Gasteiger partial charge in [0.1, 0.15) is 17.2 Å². The van der Waals surface area contributed by atoms with Crippen LogP contribution >= 0.6 is 0 Å². The van der Waals surface area contributed by atoms with Crippen molar-refractivity contribution in [3.05, 3.63) is 78.0 Å². The number of ether oxygens (including phenoxy) is 1. The minimum absolute atomic E-state index is 0.00971. The summed E-state index contributed by atoms with van der Waals surface area (Å²) in [6.07, 6.45) is 4.64. The summed E-state index contributed by atoms with van der Waals surface area (Å²) in [5, 5.41) is 0.699. The first-order valence-corrected chi connectivity index (χ1v) is 13.4. The molecule has 0 bridgehead atoms. The van der Waals surface area contributed by atoms with Crippen molar-refractivity contribution >= 4 is 28.1 Å². The van der Waals surface area contributed by atoms with Gasteiger partial charge in [0.25, 0.3) is 0 Å². The summed E-state index contributed by atoms with van der Waals surface area (Å²) in [6, 6.07) is 13.1. The lowest BCUT2D eigenvalue weighted by Crippen LogP contribution is -2.49. The predicted molar refractivity (Wildman–Crippen MR) is 139 cm³/mol. The van der Waals surface area contributed by atoms with Crippen molar-refractivity contribution < 1.29 is 18.5 Å². The standard InChI is InChI=1S/C27H28FN5O3S/c1-17-15-30-25-24(17)26(32-16-31-25)36-23-8-7-18(13-21(23)28)14-22(29)27(34)33-11-9-20(10-12-33)37(35)19-5-3-2-4-6-19/h2-8,13,15-16,20,22H,9-12,14,29H2,1H3,(H,30,31,32). The summed E-state index contributed by atoms with van der Waals surface area (Å²) in [5.41, 5.74) is 8.31. The molecular formula is C27H28FN5O3S. The maximum atomic E-state index is 14.9. The molecule has 37 heavy (non-hydrogen) atoms. The van der Waals surface area contributed by atoms with Gasteiger partial charge in [-0.3, -0.25) is 4.79 Å². The van der Waals surface area contributed by atoms with Crippen LogP contribution in [0, 0.1) is 12.7 Å². The minimum Gasteiger partial charge on any atom is -0.611 e. The van der Waals surface area contributed by atoms with Crippen LogP contribution in [0.5, 0.6) is 11.6 Å². The van der Waals surface area contributed by atoms with Gasteiger partial charge in [0.15, 0.2) is 16.5 Å². The number of nitrogens with two attached hydrogens (primary N) is 1. The first-order chi connectivity index (χ1) is 17.9. The van der Waals surface area contributed by atoms with Gasteiger partial charge in [-0.15, -0.1) is 0 Å². The molecule has 0 radical (unpaired) electrons. The molecule has 4 aromatic rings. The lowest BCUT2D eigenvalue weighted by Gasteiger charge is -2.34. The van der Waals surface area contributed by atoms with Crippen LogP contribution < -0.4 is 10.5 Å². The van der Waals surface area contributed by atoms with E-state index in [1.807, 2.05) is 37.3 Å². The fourth-order valence-corrected chi connectivity index (χ4v) is 6.08. The van der Waals surface area contributed by atoms with E-state index in [1.54, 1.807) is 17.2 Å². The van der Waals surface area contributed by atoms with Gasteiger partial charge in [0, 0.05) is 32.1 Å². The van der Waals surface area contributed by atoms with Gasteiger partial charge in [-0.05, 0) is 59.9 Å². The number of carbonyl (C=O) groups excluding carboxylic acids is 1. The number of H-pyrrole nitrogens is 1. The third-order valence-electron chi connectivity index (χ3n) is 6.64. The van der Waals surface area contributed by atoms with E-state index in [9.17, 15) is 13.7 Å². The van der Waals surface area contributed by atoms with Crippen molar-refractivity contribution in [2.75, 3.05) is 13.1 Å². The summed E-state index contributed by atoms with van der Waals surface area (Å²) < 4.78 is 33.5. The fourth-order valence-electron chi connectivity index (χ4n) is 4.63. The van der Waals surface area contributed by atoms with Crippen LogP contribution in [0.1, 0.15) is 24.0 Å². The number of aryl methyl sites for hydroxylation is 1. The van der Waals surface area contributed by atoms with Gasteiger partial charge in [0.05, 0.1) is 11.4 Å². The zero-order chi connectivity index (χ0) is 25.9. The van der Waals surface area contributed by atoms with E-state index in [-0.39, 0.29) is 29.2 Å². The van der Waals surface area contributed by atoms with Gasteiger partial charge in [0.2, 0.25) is 11.8 Å². The Labute approximate surface area is 217 Å². The van der Waals surface area contributed by atoms with E-state index in [1.165, 1.54) is 18.5 Å². The zero-order valence-corrected chi connectivity index (χ0v) is 21.2. The highest BCUT2D eigenvalue weighted by molar-refractivity contribution is 7.92. The summed E-state index contributed by atoms with van der Waals surface area (Å²) in [7, 11) is 0. The summed E-state index contributed by atoms with van der Waals surface area (Å²) in [5.74, 6) is -0.464. The monoisotopic (exact) mass is 521 g/mol. The molecule has 10 heteroatoms. The molecule has 3 heterocycles. The maximum absolute atomic E-state index is 14.9. The molecule has 1 aliphatic heterocycles. The van der Waals surface area contributed by atoms with Gasteiger partial charge in [-0.2, -0.15) is 0 Å². The number of fused-ring (bicyclic) bond motifs is 1. The Hall–Kier alpha value is -3.47. The molecule has 2 aromatic heterocycles. The molecule has 2 unspecified atom stereocenters. The molecule has 1 saturated heterocycles. The topological polar surface area (TPSA) is 120 Å². The molecule has 1 aliphatic rings. The Morgan fingerprint density at radius 3 is 2.73 bits per heavy atom. The maximum Gasteiger partial charge on any atom is 0.239 e. The summed E-state index contributed by atoms with van der Waals surface area (Å²) in [4.78, 5) is 26.8. The number of aromatic amines is 1. The van der Waals surface area contributed by atoms with Crippen LogP contribution in [-0.2, 0) is 22.4 Å². The number of carbonyl (C=O) groups is 1. The normalized spacial score (nSPS) is 16.1. The minimum atomic E-state index is -1.10. The second-order valence-corrected chi connectivity index (χ2v) is 10.9. The number of hydrogen-bond acceptors (Lipinski definition) is 6. The van der Waals surface area contributed by atoms with Crippen molar-refractivity contribution in [1.82, 2.24) is 19.9 Å². The number of hydrogen-bond donors (Lipinski definition) is 2. The van der Waals surface area contributed by atoms with E-state index < -0.39 is 23.0 Å². The average Bonchev–Trinajstić information content (AvgIpc) is 3.31. The van der Waals surface area contributed by atoms with Crippen molar-refractivity contribution in [3.63, 3.8) is 0 Å². The Morgan fingerprint density at radius 1 is 1.24 bits per heavy atom. The van der Waals surface area contributed by atoms with Crippen LogP contribution in [-0.4, -0.2) is 54.7 Å². The number of likely N-dealkylation sites (tertiary alicyclic amines) is 1. The molecule has 192 valence electrons. The molecule has 0 aliphatic carbocycles. The Kier molecular flexibility index (Phi) is 7.40. The highest BCUT2D eigenvalue weighted by Crippen LogP contribution is 2.31. The zero-order valence-electron chi connectivity index (χ0n) is 20.4. The lowest BCUT2D eigenvalue weighted by atomic mass is 10.0. The van der Waals surface area contributed by atoms with E-state index in [4.69, 9.17) is 10.5 Å². The highest BCUT2D eigenvalue weighted by Gasteiger charge is 2.32. The van der Waals surface area contributed by atoms with E-state index in [0.29, 0.717) is 42.5 Å². The first-order valence-electron chi connectivity index (χ1n) is 12.2. The predicted octanol–water partition coefficient (Wildman–Crippen LogP) is 3.87. The molecular weight excluding hydrogens is 493 g/mol. The van der Waals surface area contributed by atoms with Crippen molar-refractivity contribution in [2.45, 2.75) is 42.4 Å². The van der Waals surface area contributed by atoms with Crippen LogP contribution in [0.2, 0.25) is 0 Å². The van der Waals surface area contributed by atoms with Gasteiger partial charge < -0.3 is 24.9 Å². The number of piperidine rings is 1. The largest absolute Gasteiger partial charge is 0.611 e. The molecule has 2 aromatic carbocycles. The Bertz CT molecular complexity index is 1390. The molecule has 0 saturated carbocycles. The summed E-state index contributed by atoms with van der Waals surface area (Å²) >= 11 is -1.10. The van der Waals surface area contributed by atoms with E-state index >= 15 is 0 Å². The van der Waals surface area contributed by atoms with Crippen LogP contribution in [0.3, 0.4) is 0 Å². The summed E-state index contributed by atoms with van der Waals surface area (Å²) in [6.45, 7) is 2.89. The second kappa shape index (κ2) is 10.9. The van der Waals surface area contributed by atoms with Crippen molar-refractivity contribution in [3.8, 4) is 11.6 Å². The quantitative estimate of drug-likeness (QED) is 0.356. The molecule has 5 rings (SSSR count). The smallest absolute Gasteiger partial charge is 0.239 e. The third-order valence-corrected chi connectivity index (χ3v) is 8.45. The molecule has 0 spiro atoms. The molecule has 1 amide bonds. The van der Waals surface area contributed by atoms with Gasteiger partial charge >= 0.3 is 0 Å². The van der Waals surface area contributed by atoms with E-state index in [2.05, 4.69) is 15.0 Å². The van der Waals surface area contributed by atoms with Crippen molar-refractivity contribution in [2.24, 2.45) is 5.73 Å². The first kappa shape index (κ1) is 25.2. The van der Waals surface area contributed by atoms with E-state index in [0.717, 1.165) is 10.5 Å². The highest BCUT2D eigenvalue weighted by atomic mass is 32.2. The van der Waals surface area contributed by atoms with Gasteiger partial charge in [-0.25, -0.2) is 14.4 Å². The third kappa shape index (κ3) is 5.46. The van der Waals surface area contributed by atoms with Gasteiger partial charge in [-0.1, -0.05) is 24.3 Å². The Morgan fingerprint density at radius 2 is 2.00 bits per heavy atom. The average molecular weight is 522 g/mol. The van der Waals surface area contributed by atoms with Crippen LogP contribution in [0.15, 0.2) is 66.0 Å². The van der Waals surface area contributed by atoms with Crippen molar-refractivity contribution in [1.29, 1.82) is 0 Å². The fraction of sp³-hybridized carbons (Fsp3) is 0.296. The Balaban J connectivity index is 1.18.